The van der Waals surface area contributed by atoms with E-state index in [1.807, 2.05) is 24.3 Å². The van der Waals surface area contributed by atoms with Crippen LogP contribution in [0.25, 0.3) is 11.1 Å². The maximum atomic E-state index is 6.00. The molecule has 1 aromatic heterocycles. The first-order chi connectivity index (χ1) is 9.79. The Morgan fingerprint density at radius 3 is 2.55 bits per heavy atom. The fraction of sp³-hybridized carbons (Fsp3) is 0.438. The van der Waals surface area contributed by atoms with Gasteiger partial charge in [-0.3, -0.25) is 0 Å². The molecular weight excluding hydrogens is 252 g/mol. The van der Waals surface area contributed by atoms with Crippen molar-refractivity contribution in [3.63, 3.8) is 0 Å². The monoisotopic (exact) mass is 270 g/mol. The van der Waals surface area contributed by atoms with Crippen LogP contribution >= 0.6 is 0 Å². The number of nitrogens with two attached hydrogens (primary N) is 1. The number of ether oxygens (including phenoxy) is 1. The summed E-state index contributed by atoms with van der Waals surface area (Å²) in [5.41, 5.74) is 9.10. The highest BCUT2D eigenvalue weighted by Crippen LogP contribution is 2.64. The third kappa shape index (κ3) is 1.64. The van der Waals surface area contributed by atoms with E-state index in [2.05, 4.69) is 5.16 Å². The van der Waals surface area contributed by atoms with Crippen LogP contribution in [0.2, 0.25) is 0 Å². The zero-order valence-corrected chi connectivity index (χ0v) is 11.5. The van der Waals surface area contributed by atoms with Gasteiger partial charge in [0.05, 0.1) is 18.4 Å². The molecule has 20 heavy (non-hydrogen) atoms. The van der Waals surface area contributed by atoms with E-state index in [1.165, 1.54) is 19.3 Å². The van der Waals surface area contributed by atoms with Crippen molar-refractivity contribution in [3.8, 4) is 16.9 Å². The molecule has 2 atom stereocenters. The lowest BCUT2D eigenvalue weighted by Gasteiger charge is -2.05. The smallest absolute Gasteiger partial charge is 0.230 e. The first-order valence-electron chi connectivity index (χ1n) is 7.19. The Morgan fingerprint density at radius 2 is 1.90 bits per heavy atom. The quantitative estimate of drug-likeness (QED) is 0.928. The third-order valence-electron chi connectivity index (χ3n) is 4.85. The summed E-state index contributed by atoms with van der Waals surface area (Å²) in [6, 6.07) is 7.92. The SMILES string of the molecule is COc1ccc(-c2c(C3C4CCCC43)noc2N)cc1. The van der Waals surface area contributed by atoms with E-state index in [-0.39, 0.29) is 0 Å². The summed E-state index contributed by atoms with van der Waals surface area (Å²) in [6.07, 6.45) is 4.01. The predicted octanol–water partition coefficient (Wildman–Crippen LogP) is 3.45. The normalized spacial score (nSPS) is 27.4. The molecule has 0 amide bonds. The minimum atomic E-state index is 0.426. The minimum Gasteiger partial charge on any atom is -0.497 e. The molecule has 0 spiro atoms. The molecule has 4 rings (SSSR count). The van der Waals surface area contributed by atoms with Crippen LogP contribution in [0.5, 0.6) is 5.75 Å². The van der Waals surface area contributed by atoms with E-state index in [9.17, 15) is 0 Å². The number of benzene rings is 1. The summed E-state index contributed by atoms with van der Waals surface area (Å²) < 4.78 is 10.5. The largest absolute Gasteiger partial charge is 0.497 e. The third-order valence-corrected chi connectivity index (χ3v) is 4.85. The van der Waals surface area contributed by atoms with Crippen molar-refractivity contribution in [1.82, 2.24) is 5.16 Å². The second-order valence-electron chi connectivity index (χ2n) is 5.82. The first-order valence-corrected chi connectivity index (χ1v) is 7.19. The molecule has 2 N–H and O–H groups in total. The van der Waals surface area contributed by atoms with Crippen molar-refractivity contribution in [3.05, 3.63) is 30.0 Å². The lowest BCUT2D eigenvalue weighted by molar-refractivity contribution is 0.415. The molecule has 1 heterocycles. The molecule has 0 aliphatic heterocycles. The highest BCUT2D eigenvalue weighted by atomic mass is 16.5. The van der Waals surface area contributed by atoms with Crippen LogP contribution in [-0.2, 0) is 0 Å². The lowest BCUT2D eigenvalue weighted by atomic mass is 9.99. The second kappa shape index (κ2) is 4.27. The second-order valence-corrected chi connectivity index (χ2v) is 5.82. The maximum Gasteiger partial charge on any atom is 0.230 e. The average Bonchev–Trinajstić information content (AvgIpc) is 2.84. The van der Waals surface area contributed by atoms with E-state index in [0.29, 0.717) is 11.8 Å². The lowest BCUT2D eigenvalue weighted by Crippen LogP contribution is -1.93. The molecule has 1 aromatic carbocycles. The van der Waals surface area contributed by atoms with Crippen LogP contribution in [0.1, 0.15) is 30.9 Å². The average molecular weight is 270 g/mol. The van der Waals surface area contributed by atoms with Crippen LogP contribution in [-0.4, -0.2) is 12.3 Å². The van der Waals surface area contributed by atoms with Crippen LogP contribution < -0.4 is 10.5 Å². The van der Waals surface area contributed by atoms with Gasteiger partial charge in [0.1, 0.15) is 5.75 Å². The van der Waals surface area contributed by atoms with Gasteiger partial charge in [0.25, 0.3) is 0 Å². The number of methoxy groups -OCH3 is 1. The molecule has 4 heteroatoms. The molecule has 0 radical (unpaired) electrons. The van der Waals surface area contributed by atoms with Gasteiger partial charge in [-0.25, -0.2) is 0 Å². The molecular formula is C16H18N2O2. The Hall–Kier alpha value is -1.97. The van der Waals surface area contributed by atoms with Gasteiger partial charge in [-0.05, 0) is 42.4 Å². The standard InChI is InChI=1S/C16H18N2O2/c1-19-10-7-5-9(6-8-10)13-15(18-20-16(13)17)14-11-3-2-4-12(11)14/h5-8,11-12,14H,2-4,17H2,1H3. The van der Waals surface area contributed by atoms with Crippen molar-refractivity contribution < 1.29 is 9.26 Å². The maximum absolute atomic E-state index is 6.00. The molecule has 4 nitrogen and oxygen atoms in total. The molecule has 0 bridgehead atoms. The van der Waals surface area contributed by atoms with Crippen molar-refractivity contribution >= 4 is 5.88 Å². The fourth-order valence-corrected chi connectivity index (χ4v) is 3.82. The molecule has 2 fully saturated rings. The molecule has 104 valence electrons. The van der Waals surface area contributed by atoms with Gasteiger partial charge in [-0.2, -0.15) is 0 Å². The van der Waals surface area contributed by atoms with Crippen molar-refractivity contribution in [2.45, 2.75) is 25.2 Å². The van der Waals surface area contributed by atoms with Gasteiger partial charge in [-0.15, -0.1) is 0 Å². The van der Waals surface area contributed by atoms with Gasteiger partial charge >= 0.3 is 0 Å². The van der Waals surface area contributed by atoms with Crippen molar-refractivity contribution in [2.24, 2.45) is 11.8 Å². The summed E-state index contributed by atoms with van der Waals surface area (Å²) in [6.45, 7) is 0. The van der Waals surface area contributed by atoms with Crippen molar-refractivity contribution in [1.29, 1.82) is 0 Å². The van der Waals surface area contributed by atoms with Gasteiger partial charge in [0.15, 0.2) is 0 Å². The van der Waals surface area contributed by atoms with Gasteiger partial charge in [0, 0.05) is 5.92 Å². The van der Waals surface area contributed by atoms with Crippen molar-refractivity contribution in [2.75, 3.05) is 12.8 Å². The van der Waals surface area contributed by atoms with Crippen LogP contribution in [0.3, 0.4) is 0 Å². The molecule has 2 saturated carbocycles. The van der Waals surface area contributed by atoms with E-state index >= 15 is 0 Å². The zero-order chi connectivity index (χ0) is 13.7. The number of anilines is 1. The summed E-state index contributed by atoms with van der Waals surface area (Å²) in [4.78, 5) is 0. The Bertz CT molecular complexity index is 622. The fourth-order valence-electron chi connectivity index (χ4n) is 3.82. The number of hydrogen-bond acceptors (Lipinski definition) is 4. The Balaban J connectivity index is 1.72. The molecule has 2 unspecified atom stereocenters. The molecule has 2 aliphatic carbocycles. The highest BCUT2D eigenvalue weighted by Gasteiger charge is 2.55. The number of hydrogen-bond donors (Lipinski definition) is 1. The Kier molecular flexibility index (Phi) is 2.52. The molecule has 0 saturated heterocycles. The Labute approximate surface area is 117 Å². The van der Waals surface area contributed by atoms with Gasteiger partial charge in [0.2, 0.25) is 5.88 Å². The van der Waals surface area contributed by atoms with Crippen LogP contribution in [0.4, 0.5) is 5.88 Å². The molecule has 2 aromatic rings. The van der Waals surface area contributed by atoms with E-state index in [0.717, 1.165) is 34.4 Å². The van der Waals surface area contributed by atoms with Crippen LogP contribution in [0, 0.1) is 11.8 Å². The Morgan fingerprint density at radius 1 is 1.20 bits per heavy atom. The van der Waals surface area contributed by atoms with E-state index < -0.39 is 0 Å². The number of aromatic nitrogens is 1. The topological polar surface area (TPSA) is 61.3 Å². The minimum absolute atomic E-state index is 0.426. The zero-order valence-electron chi connectivity index (χ0n) is 11.5. The van der Waals surface area contributed by atoms with E-state index in [4.69, 9.17) is 15.0 Å². The predicted molar refractivity (Wildman–Crippen MR) is 76.5 cm³/mol. The number of nitrogens with zero attached hydrogens (tertiary/aromatic N) is 1. The summed E-state index contributed by atoms with van der Waals surface area (Å²) >= 11 is 0. The van der Waals surface area contributed by atoms with Gasteiger partial charge in [-0.1, -0.05) is 23.7 Å². The van der Waals surface area contributed by atoms with E-state index in [1.54, 1.807) is 7.11 Å². The number of nitrogen functional groups attached to an aromatic ring is 1. The molecule has 2 aliphatic rings. The highest BCUT2D eigenvalue weighted by molar-refractivity contribution is 5.76. The summed E-state index contributed by atoms with van der Waals surface area (Å²) in [7, 11) is 1.67. The summed E-state index contributed by atoms with van der Waals surface area (Å²) in [5.74, 6) is 3.43. The summed E-state index contributed by atoms with van der Waals surface area (Å²) in [5, 5.41) is 4.25. The van der Waals surface area contributed by atoms with Crippen LogP contribution in [0.15, 0.2) is 28.8 Å². The first kappa shape index (κ1) is 11.8. The number of fused-ring (bicyclic) bond motifs is 1. The van der Waals surface area contributed by atoms with Gasteiger partial charge < -0.3 is 15.0 Å². The number of rotatable bonds is 3.